The number of hydrogen-bond donors (Lipinski definition) is 1. The number of amides is 1. The van der Waals surface area contributed by atoms with E-state index in [0.29, 0.717) is 17.9 Å². The number of hydrogen-bond acceptors (Lipinski definition) is 6. The first-order valence-corrected chi connectivity index (χ1v) is 10.6. The van der Waals surface area contributed by atoms with Crippen molar-refractivity contribution in [3.8, 4) is 10.8 Å². The van der Waals surface area contributed by atoms with Crippen molar-refractivity contribution in [1.29, 1.82) is 0 Å². The molecule has 0 unspecified atom stereocenters. The Labute approximate surface area is 148 Å². The topological polar surface area (TPSA) is 89.3 Å². The van der Waals surface area contributed by atoms with Gasteiger partial charge in [0.2, 0.25) is 5.91 Å². The fourth-order valence-electron chi connectivity index (χ4n) is 2.89. The highest BCUT2D eigenvalue weighted by molar-refractivity contribution is 7.91. The normalized spacial score (nSPS) is 19.3. The molecule has 1 aromatic carbocycles. The van der Waals surface area contributed by atoms with Gasteiger partial charge in [0.05, 0.1) is 34.2 Å². The van der Waals surface area contributed by atoms with E-state index in [2.05, 4.69) is 10.3 Å². The monoisotopic (exact) mass is 376 g/mol. The maximum Gasteiger partial charge on any atom is 0.224 e. The Balaban J connectivity index is 1.42. The van der Waals surface area contributed by atoms with Gasteiger partial charge in [-0.05, 0) is 30.7 Å². The smallest absolute Gasteiger partial charge is 0.224 e. The van der Waals surface area contributed by atoms with Gasteiger partial charge >= 0.3 is 0 Å². The summed E-state index contributed by atoms with van der Waals surface area (Å²) in [5, 5.41) is 3.55. The van der Waals surface area contributed by atoms with Gasteiger partial charge in [0.1, 0.15) is 5.76 Å². The molecule has 1 N–H and O–H groups in total. The van der Waals surface area contributed by atoms with Crippen molar-refractivity contribution in [3.05, 3.63) is 42.2 Å². The minimum Gasteiger partial charge on any atom is -0.457 e. The molecule has 1 atom stereocenters. The number of nitrogens with zero attached hydrogens (tertiary/aromatic N) is 1. The summed E-state index contributed by atoms with van der Waals surface area (Å²) in [7, 11) is -3.06. The van der Waals surface area contributed by atoms with Gasteiger partial charge in [-0.25, -0.2) is 13.4 Å². The highest BCUT2D eigenvalue weighted by atomic mass is 32.2. The molecule has 3 heterocycles. The number of rotatable bonds is 4. The summed E-state index contributed by atoms with van der Waals surface area (Å²) in [5.41, 5.74) is 0.927. The lowest BCUT2D eigenvalue weighted by molar-refractivity contribution is -0.124. The van der Waals surface area contributed by atoms with Crippen molar-refractivity contribution < 1.29 is 17.6 Å². The standard InChI is InChI=1S/C17H16N2O4S2/c20-16(11-7-8-25(21,22)10-11)18-9-12-5-6-14(23-12)17-19-13-3-1-2-4-15(13)24-17/h1-6,11H,7-10H2,(H,18,20)/t11-/m1/s1. The lowest BCUT2D eigenvalue weighted by Crippen LogP contribution is -2.30. The van der Waals surface area contributed by atoms with Crippen molar-refractivity contribution in [3.63, 3.8) is 0 Å². The molecule has 0 saturated carbocycles. The predicted octanol–water partition coefficient (Wildman–Crippen LogP) is 2.61. The summed E-state index contributed by atoms with van der Waals surface area (Å²) in [6, 6.07) is 11.5. The zero-order valence-electron chi connectivity index (χ0n) is 13.3. The van der Waals surface area contributed by atoms with Crippen molar-refractivity contribution in [1.82, 2.24) is 10.3 Å². The first kappa shape index (κ1) is 16.3. The zero-order valence-corrected chi connectivity index (χ0v) is 14.9. The third kappa shape index (κ3) is 3.45. The van der Waals surface area contributed by atoms with Crippen LogP contribution in [0.1, 0.15) is 12.2 Å². The van der Waals surface area contributed by atoms with Crippen LogP contribution in [0.5, 0.6) is 0 Å². The minimum atomic E-state index is -3.06. The van der Waals surface area contributed by atoms with Gasteiger partial charge in [-0.1, -0.05) is 12.1 Å². The van der Waals surface area contributed by atoms with Gasteiger partial charge in [-0.3, -0.25) is 4.79 Å². The van der Waals surface area contributed by atoms with Gasteiger partial charge in [-0.15, -0.1) is 11.3 Å². The van der Waals surface area contributed by atoms with Crippen LogP contribution in [-0.4, -0.2) is 30.8 Å². The zero-order chi connectivity index (χ0) is 17.4. The summed E-state index contributed by atoms with van der Waals surface area (Å²) in [4.78, 5) is 16.6. The molecule has 1 amide bonds. The van der Waals surface area contributed by atoms with Gasteiger partial charge in [0, 0.05) is 0 Å². The van der Waals surface area contributed by atoms with E-state index in [1.54, 1.807) is 17.4 Å². The SMILES string of the molecule is O=C(NCc1ccc(-c2nc3ccccc3s2)o1)[C@@H]1CCS(=O)(=O)C1. The Hall–Kier alpha value is -2.19. The number of nitrogens with one attached hydrogen (secondary N) is 1. The van der Waals surface area contributed by atoms with E-state index in [0.717, 1.165) is 15.2 Å². The molecule has 1 fully saturated rings. The molecule has 1 aliphatic heterocycles. The number of benzene rings is 1. The van der Waals surface area contributed by atoms with Crippen LogP contribution in [0.3, 0.4) is 0 Å². The highest BCUT2D eigenvalue weighted by Gasteiger charge is 2.32. The second-order valence-electron chi connectivity index (χ2n) is 6.07. The molecule has 4 rings (SSSR count). The Bertz CT molecular complexity index is 1000. The third-order valence-corrected chi connectivity index (χ3v) is 7.03. The van der Waals surface area contributed by atoms with Gasteiger partial charge < -0.3 is 9.73 Å². The highest BCUT2D eigenvalue weighted by Crippen LogP contribution is 2.31. The van der Waals surface area contributed by atoms with E-state index in [9.17, 15) is 13.2 Å². The second kappa shape index (κ2) is 6.27. The van der Waals surface area contributed by atoms with Crippen molar-refractivity contribution in [2.24, 2.45) is 5.92 Å². The van der Waals surface area contributed by atoms with Crippen molar-refractivity contribution in [2.75, 3.05) is 11.5 Å². The Kier molecular flexibility index (Phi) is 4.09. The maximum absolute atomic E-state index is 12.1. The quantitative estimate of drug-likeness (QED) is 0.756. The van der Waals surface area contributed by atoms with Crippen LogP contribution in [0.15, 0.2) is 40.8 Å². The molecule has 0 spiro atoms. The predicted molar refractivity (Wildman–Crippen MR) is 95.9 cm³/mol. The molecule has 3 aromatic rings. The fourth-order valence-corrected chi connectivity index (χ4v) is 5.55. The first-order valence-electron chi connectivity index (χ1n) is 7.93. The van der Waals surface area contributed by atoms with Crippen LogP contribution >= 0.6 is 11.3 Å². The van der Waals surface area contributed by atoms with Crippen LogP contribution in [0.4, 0.5) is 0 Å². The molecule has 130 valence electrons. The summed E-state index contributed by atoms with van der Waals surface area (Å²) in [6.07, 6.45) is 0.392. The van der Waals surface area contributed by atoms with E-state index in [-0.39, 0.29) is 24.0 Å². The summed E-state index contributed by atoms with van der Waals surface area (Å²) in [6.45, 7) is 0.236. The van der Waals surface area contributed by atoms with Crippen LogP contribution in [0.25, 0.3) is 21.0 Å². The molecule has 1 aliphatic rings. The van der Waals surface area contributed by atoms with E-state index in [4.69, 9.17) is 4.42 Å². The summed E-state index contributed by atoms with van der Waals surface area (Å²) < 4.78 is 29.8. The maximum atomic E-state index is 12.1. The number of fused-ring (bicyclic) bond motifs is 1. The Morgan fingerprint density at radius 1 is 1.28 bits per heavy atom. The van der Waals surface area contributed by atoms with Crippen LogP contribution < -0.4 is 5.32 Å². The third-order valence-electron chi connectivity index (χ3n) is 4.21. The summed E-state index contributed by atoms with van der Waals surface area (Å²) >= 11 is 1.55. The molecule has 0 radical (unpaired) electrons. The molecule has 1 saturated heterocycles. The number of sulfone groups is 1. The van der Waals surface area contributed by atoms with E-state index in [1.165, 1.54) is 0 Å². The molecule has 6 nitrogen and oxygen atoms in total. The average molecular weight is 376 g/mol. The van der Waals surface area contributed by atoms with Crippen LogP contribution in [0, 0.1) is 5.92 Å². The lowest BCUT2D eigenvalue weighted by Gasteiger charge is -2.07. The number of carbonyl (C=O) groups is 1. The minimum absolute atomic E-state index is 0.0616. The molecule has 0 bridgehead atoms. The number of furan rings is 1. The van der Waals surface area contributed by atoms with Gasteiger partial charge in [0.25, 0.3) is 0 Å². The number of para-hydroxylation sites is 1. The molecular formula is C17H16N2O4S2. The van der Waals surface area contributed by atoms with E-state index in [1.807, 2.05) is 30.3 Å². The van der Waals surface area contributed by atoms with E-state index < -0.39 is 15.8 Å². The van der Waals surface area contributed by atoms with E-state index >= 15 is 0 Å². The number of aromatic nitrogens is 1. The molecule has 2 aromatic heterocycles. The lowest BCUT2D eigenvalue weighted by atomic mass is 10.1. The van der Waals surface area contributed by atoms with Crippen molar-refractivity contribution in [2.45, 2.75) is 13.0 Å². The second-order valence-corrected chi connectivity index (χ2v) is 9.33. The molecule has 8 heteroatoms. The van der Waals surface area contributed by atoms with Crippen LogP contribution in [-0.2, 0) is 21.2 Å². The first-order chi connectivity index (χ1) is 12.0. The van der Waals surface area contributed by atoms with Crippen LogP contribution in [0.2, 0.25) is 0 Å². The van der Waals surface area contributed by atoms with Gasteiger partial charge in [-0.2, -0.15) is 0 Å². The van der Waals surface area contributed by atoms with Crippen molar-refractivity contribution >= 4 is 37.3 Å². The van der Waals surface area contributed by atoms with Gasteiger partial charge in [0.15, 0.2) is 20.6 Å². The molecule has 0 aliphatic carbocycles. The Morgan fingerprint density at radius 2 is 2.12 bits per heavy atom. The number of thiazole rings is 1. The Morgan fingerprint density at radius 3 is 2.88 bits per heavy atom. The average Bonchev–Trinajstić information content (AvgIpc) is 3.29. The summed E-state index contributed by atoms with van der Waals surface area (Å²) in [5.74, 6) is 0.613. The molecular weight excluding hydrogens is 360 g/mol. The fraction of sp³-hybridized carbons (Fsp3) is 0.294. The molecule has 25 heavy (non-hydrogen) atoms. The largest absolute Gasteiger partial charge is 0.457 e. The number of carbonyl (C=O) groups excluding carboxylic acids is 1.